The van der Waals surface area contributed by atoms with Crippen LogP contribution in [0.1, 0.15) is 47.4 Å². The number of aromatic nitrogens is 2. The third kappa shape index (κ3) is 5.73. The molecule has 3 rings (SSSR count). The number of hydrogen-bond donors (Lipinski definition) is 2. The van der Waals surface area contributed by atoms with Crippen molar-refractivity contribution in [3.63, 3.8) is 0 Å². The van der Waals surface area contributed by atoms with Gasteiger partial charge in [0.15, 0.2) is 0 Å². The summed E-state index contributed by atoms with van der Waals surface area (Å²) in [5.74, 6) is -0.772. The van der Waals surface area contributed by atoms with E-state index in [0.29, 0.717) is 23.5 Å². The molecular formula is C24H26ClFN4O2. The molecule has 2 aromatic carbocycles. The fourth-order valence-electron chi connectivity index (χ4n) is 3.16. The van der Waals surface area contributed by atoms with Gasteiger partial charge in [0.05, 0.1) is 17.8 Å². The summed E-state index contributed by atoms with van der Waals surface area (Å²) >= 11 is 6.43. The minimum absolute atomic E-state index is 0.0374. The Kier molecular flexibility index (Phi) is 7.64. The topological polar surface area (TPSA) is 76.0 Å². The molecule has 0 spiro atoms. The number of nitrogens with one attached hydrogen (secondary N) is 2. The van der Waals surface area contributed by atoms with Crippen molar-refractivity contribution in [2.24, 2.45) is 5.92 Å². The molecule has 0 fully saturated rings. The highest BCUT2D eigenvalue weighted by molar-refractivity contribution is 6.33. The fourth-order valence-corrected chi connectivity index (χ4v) is 3.48. The van der Waals surface area contributed by atoms with Crippen molar-refractivity contribution < 1.29 is 14.0 Å². The molecule has 168 valence electrons. The number of amides is 2. The molecule has 3 aromatic rings. The van der Waals surface area contributed by atoms with E-state index in [-0.39, 0.29) is 35.2 Å². The van der Waals surface area contributed by atoms with Crippen molar-refractivity contribution in [2.75, 3.05) is 5.32 Å². The molecule has 0 radical (unpaired) electrons. The molecule has 1 heterocycles. The third-order valence-corrected chi connectivity index (χ3v) is 5.63. The standard InChI is InChI=1S/C24H26ClFN4O2/c1-4-15(2)23(31)28-20-7-5-6-18(12-20)13-27-24(32)21-16(3)29-30(22(21)25)14-17-8-10-19(26)11-9-17/h5-12,15H,4,13-14H2,1-3H3,(H,27,32)(H,28,31). The Hall–Kier alpha value is -3.19. The molecule has 0 aliphatic heterocycles. The number of halogens is 2. The lowest BCUT2D eigenvalue weighted by Crippen LogP contribution is -2.24. The average Bonchev–Trinajstić information content (AvgIpc) is 3.06. The van der Waals surface area contributed by atoms with Gasteiger partial charge in [0.2, 0.25) is 5.91 Å². The van der Waals surface area contributed by atoms with E-state index in [1.165, 1.54) is 16.8 Å². The van der Waals surface area contributed by atoms with Crippen LogP contribution in [0.25, 0.3) is 0 Å². The van der Waals surface area contributed by atoms with Crippen LogP contribution in [-0.4, -0.2) is 21.6 Å². The first-order valence-corrected chi connectivity index (χ1v) is 10.8. The number of benzene rings is 2. The summed E-state index contributed by atoms with van der Waals surface area (Å²) in [6.45, 7) is 6.15. The van der Waals surface area contributed by atoms with Crippen molar-refractivity contribution in [1.82, 2.24) is 15.1 Å². The number of carbonyl (C=O) groups is 2. The van der Waals surface area contributed by atoms with Crippen molar-refractivity contribution in [2.45, 2.75) is 40.3 Å². The van der Waals surface area contributed by atoms with Gasteiger partial charge in [-0.05, 0) is 48.7 Å². The van der Waals surface area contributed by atoms with Gasteiger partial charge in [-0.3, -0.25) is 9.59 Å². The number of nitrogens with zero attached hydrogens (tertiary/aromatic N) is 2. The number of hydrogen-bond acceptors (Lipinski definition) is 3. The third-order valence-electron chi connectivity index (χ3n) is 5.25. The Bertz CT molecular complexity index is 1110. The van der Waals surface area contributed by atoms with Crippen LogP contribution in [0.5, 0.6) is 0 Å². The molecule has 0 aliphatic rings. The molecule has 2 N–H and O–H groups in total. The fraction of sp³-hybridized carbons (Fsp3) is 0.292. The lowest BCUT2D eigenvalue weighted by atomic mass is 10.1. The van der Waals surface area contributed by atoms with Crippen molar-refractivity contribution in [3.8, 4) is 0 Å². The zero-order valence-corrected chi connectivity index (χ0v) is 19.0. The molecule has 0 aliphatic carbocycles. The molecule has 0 saturated carbocycles. The smallest absolute Gasteiger partial charge is 0.256 e. The maximum Gasteiger partial charge on any atom is 0.256 e. The van der Waals surface area contributed by atoms with Crippen LogP contribution >= 0.6 is 11.6 Å². The summed E-state index contributed by atoms with van der Waals surface area (Å²) in [5.41, 5.74) is 3.15. The number of rotatable bonds is 8. The molecule has 1 unspecified atom stereocenters. The van der Waals surface area contributed by atoms with Gasteiger partial charge in [-0.15, -0.1) is 0 Å². The van der Waals surface area contributed by atoms with Gasteiger partial charge < -0.3 is 10.6 Å². The minimum Gasteiger partial charge on any atom is -0.348 e. The molecule has 6 nitrogen and oxygen atoms in total. The first kappa shape index (κ1) is 23.5. The van der Waals surface area contributed by atoms with Crippen molar-refractivity contribution in [1.29, 1.82) is 0 Å². The van der Waals surface area contributed by atoms with E-state index in [1.807, 2.05) is 38.1 Å². The summed E-state index contributed by atoms with van der Waals surface area (Å²) in [7, 11) is 0. The molecule has 32 heavy (non-hydrogen) atoms. The molecule has 2 amide bonds. The predicted molar refractivity (Wildman–Crippen MR) is 123 cm³/mol. The first-order chi connectivity index (χ1) is 15.3. The number of carbonyl (C=O) groups excluding carboxylic acids is 2. The van der Waals surface area contributed by atoms with E-state index < -0.39 is 0 Å². The van der Waals surface area contributed by atoms with Crippen molar-refractivity contribution >= 4 is 29.1 Å². The molecular weight excluding hydrogens is 431 g/mol. The zero-order chi connectivity index (χ0) is 23.3. The van der Waals surface area contributed by atoms with Gasteiger partial charge >= 0.3 is 0 Å². The zero-order valence-electron chi connectivity index (χ0n) is 18.3. The van der Waals surface area contributed by atoms with Gasteiger partial charge in [0, 0.05) is 18.2 Å². The maximum absolute atomic E-state index is 13.1. The first-order valence-electron chi connectivity index (χ1n) is 10.4. The second-order valence-corrected chi connectivity index (χ2v) is 8.07. The van der Waals surface area contributed by atoms with Gasteiger partial charge in [-0.1, -0.05) is 49.7 Å². The van der Waals surface area contributed by atoms with Crippen LogP contribution in [-0.2, 0) is 17.9 Å². The molecule has 1 atom stereocenters. The van der Waals surface area contributed by atoms with Crippen LogP contribution in [0.2, 0.25) is 5.15 Å². The highest BCUT2D eigenvalue weighted by Crippen LogP contribution is 2.21. The monoisotopic (exact) mass is 456 g/mol. The Morgan fingerprint density at radius 1 is 1.16 bits per heavy atom. The highest BCUT2D eigenvalue weighted by atomic mass is 35.5. The Labute approximate surface area is 191 Å². The van der Waals surface area contributed by atoms with Crippen LogP contribution in [0.3, 0.4) is 0 Å². The SMILES string of the molecule is CCC(C)C(=O)Nc1cccc(CNC(=O)c2c(C)nn(Cc3ccc(F)cc3)c2Cl)c1. The number of aryl methyl sites for hydroxylation is 1. The predicted octanol–water partition coefficient (Wildman–Crippen LogP) is 4.95. The highest BCUT2D eigenvalue weighted by Gasteiger charge is 2.20. The van der Waals surface area contributed by atoms with Crippen LogP contribution in [0.4, 0.5) is 10.1 Å². The normalized spacial score (nSPS) is 11.8. The van der Waals surface area contributed by atoms with Crippen LogP contribution in [0, 0.1) is 18.7 Å². The quantitative estimate of drug-likeness (QED) is 0.503. The molecule has 0 saturated heterocycles. The largest absolute Gasteiger partial charge is 0.348 e. The van der Waals surface area contributed by atoms with E-state index >= 15 is 0 Å². The summed E-state index contributed by atoms with van der Waals surface area (Å²) < 4.78 is 14.6. The Morgan fingerprint density at radius 3 is 2.56 bits per heavy atom. The van der Waals surface area contributed by atoms with E-state index in [0.717, 1.165) is 17.5 Å². The maximum atomic E-state index is 13.1. The van der Waals surface area contributed by atoms with Crippen molar-refractivity contribution in [3.05, 3.63) is 81.9 Å². The summed E-state index contributed by atoms with van der Waals surface area (Å²) in [4.78, 5) is 24.9. The van der Waals surface area contributed by atoms with E-state index in [2.05, 4.69) is 15.7 Å². The Balaban J connectivity index is 1.66. The van der Waals surface area contributed by atoms with E-state index in [4.69, 9.17) is 11.6 Å². The van der Waals surface area contributed by atoms with E-state index in [1.54, 1.807) is 19.1 Å². The summed E-state index contributed by atoms with van der Waals surface area (Å²) in [6, 6.07) is 13.4. The van der Waals surface area contributed by atoms with Gasteiger partial charge in [-0.2, -0.15) is 5.10 Å². The lowest BCUT2D eigenvalue weighted by molar-refractivity contribution is -0.119. The summed E-state index contributed by atoms with van der Waals surface area (Å²) in [6.07, 6.45) is 0.760. The van der Waals surface area contributed by atoms with Gasteiger partial charge in [0.1, 0.15) is 11.0 Å². The van der Waals surface area contributed by atoms with Crippen LogP contribution in [0.15, 0.2) is 48.5 Å². The molecule has 1 aromatic heterocycles. The molecule has 8 heteroatoms. The van der Waals surface area contributed by atoms with Crippen LogP contribution < -0.4 is 10.6 Å². The van der Waals surface area contributed by atoms with E-state index in [9.17, 15) is 14.0 Å². The Morgan fingerprint density at radius 2 is 1.88 bits per heavy atom. The average molecular weight is 457 g/mol. The van der Waals surface area contributed by atoms with Gasteiger partial charge in [-0.25, -0.2) is 9.07 Å². The second kappa shape index (κ2) is 10.4. The summed E-state index contributed by atoms with van der Waals surface area (Å²) in [5, 5.41) is 10.3. The minimum atomic E-state index is -0.341. The molecule has 0 bridgehead atoms. The lowest BCUT2D eigenvalue weighted by Gasteiger charge is -2.11. The number of anilines is 1. The second-order valence-electron chi connectivity index (χ2n) is 7.72. The van der Waals surface area contributed by atoms with Gasteiger partial charge in [0.25, 0.3) is 5.91 Å².